The predicted octanol–water partition coefficient (Wildman–Crippen LogP) is -0.377. The van der Waals surface area contributed by atoms with Crippen molar-refractivity contribution >= 4 is 45.9 Å². The maximum Gasteiger partial charge on any atom is 0.239 e. The Morgan fingerprint density at radius 2 is 1.73 bits per heavy atom. The number of carbonyl (C=O) groups excluding carboxylic acids is 1. The van der Waals surface area contributed by atoms with Crippen molar-refractivity contribution in [3.63, 3.8) is 0 Å². The molecule has 0 fully saturated rings. The summed E-state index contributed by atoms with van der Waals surface area (Å²) in [6.07, 6.45) is 0. The van der Waals surface area contributed by atoms with Gasteiger partial charge in [-0.25, -0.2) is 13.1 Å². The minimum atomic E-state index is -3.18. The highest BCUT2D eigenvalue weighted by Crippen LogP contribution is 1.96. The second-order valence-electron chi connectivity index (χ2n) is 5.45. The fourth-order valence-electron chi connectivity index (χ4n) is 1.34. The van der Waals surface area contributed by atoms with Crippen LogP contribution in [0, 0.1) is 0 Å². The maximum atomic E-state index is 11.6. The zero-order valence-electron chi connectivity index (χ0n) is 13.8. The number of rotatable bonds is 7. The van der Waals surface area contributed by atoms with Crippen molar-refractivity contribution in [3.05, 3.63) is 0 Å². The van der Waals surface area contributed by atoms with Crippen molar-refractivity contribution in [2.75, 3.05) is 32.4 Å². The summed E-state index contributed by atoms with van der Waals surface area (Å²) in [5.41, 5.74) is -0.284. The number of nitrogens with zero attached hydrogens (tertiary/aromatic N) is 1. The third kappa shape index (κ3) is 13.1. The molecular weight excluding hydrogens is 421 g/mol. The van der Waals surface area contributed by atoms with Crippen LogP contribution in [0.15, 0.2) is 4.99 Å². The van der Waals surface area contributed by atoms with Crippen LogP contribution in [-0.4, -0.2) is 58.3 Å². The van der Waals surface area contributed by atoms with Gasteiger partial charge in [-0.3, -0.25) is 9.79 Å². The second kappa shape index (κ2) is 11.0. The van der Waals surface area contributed by atoms with E-state index in [0.717, 1.165) is 0 Å². The molecule has 132 valence electrons. The van der Waals surface area contributed by atoms with E-state index in [1.54, 1.807) is 14.0 Å². The Morgan fingerprint density at radius 3 is 2.18 bits per heavy atom. The van der Waals surface area contributed by atoms with Crippen molar-refractivity contribution in [3.8, 4) is 0 Å². The SMILES string of the molecule is CCS(=O)(=O)NCCNC(=NC)NCC(=O)NC(C)(C)C.I. The molecule has 0 aliphatic rings. The first kappa shape index (κ1) is 23.6. The summed E-state index contributed by atoms with van der Waals surface area (Å²) in [5, 5.41) is 8.59. The average Bonchev–Trinajstić information content (AvgIpc) is 2.36. The van der Waals surface area contributed by atoms with E-state index in [-0.39, 0.29) is 54.3 Å². The molecule has 0 aliphatic heterocycles. The summed E-state index contributed by atoms with van der Waals surface area (Å²) in [5.74, 6) is 0.347. The van der Waals surface area contributed by atoms with Gasteiger partial charge in [0.05, 0.1) is 12.3 Å². The highest BCUT2D eigenvalue weighted by atomic mass is 127. The fourth-order valence-corrected chi connectivity index (χ4v) is 1.95. The number of hydrogen-bond donors (Lipinski definition) is 4. The standard InChI is InChI=1S/C12H27N5O3S.HI/c1-6-21(19,20)16-8-7-14-11(13-5)15-9-10(18)17-12(2,3)4;/h16H,6-9H2,1-5H3,(H,17,18)(H2,13,14,15);1H. The molecule has 0 atom stereocenters. The van der Waals surface area contributed by atoms with Crippen LogP contribution in [0.4, 0.5) is 0 Å². The van der Waals surface area contributed by atoms with Gasteiger partial charge in [-0.15, -0.1) is 24.0 Å². The van der Waals surface area contributed by atoms with Crippen LogP contribution >= 0.6 is 24.0 Å². The summed E-state index contributed by atoms with van der Waals surface area (Å²) in [4.78, 5) is 15.6. The predicted molar refractivity (Wildman–Crippen MR) is 100 cm³/mol. The fraction of sp³-hybridized carbons (Fsp3) is 0.833. The van der Waals surface area contributed by atoms with E-state index in [2.05, 4.69) is 25.7 Å². The van der Waals surface area contributed by atoms with Crippen molar-refractivity contribution in [2.24, 2.45) is 4.99 Å². The highest BCUT2D eigenvalue weighted by Gasteiger charge is 2.13. The number of amides is 1. The van der Waals surface area contributed by atoms with E-state index in [9.17, 15) is 13.2 Å². The third-order valence-electron chi connectivity index (χ3n) is 2.27. The van der Waals surface area contributed by atoms with Crippen LogP contribution in [-0.2, 0) is 14.8 Å². The van der Waals surface area contributed by atoms with Crippen LogP contribution in [0.3, 0.4) is 0 Å². The summed E-state index contributed by atoms with van der Waals surface area (Å²) in [7, 11) is -1.61. The molecule has 8 nitrogen and oxygen atoms in total. The van der Waals surface area contributed by atoms with Gasteiger partial charge in [0.1, 0.15) is 0 Å². The van der Waals surface area contributed by atoms with Gasteiger partial charge in [0.2, 0.25) is 15.9 Å². The molecule has 0 rings (SSSR count). The molecule has 0 aromatic carbocycles. The van der Waals surface area contributed by atoms with Gasteiger partial charge in [0, 0.05) is 25.7 Å². The molecule has 0 aromatic rings. The first-order valence-electron chi connectivity index (χ1n) is 6.82. The Kier molecular flexibility index (Phi) is 11.8. The van der Waals surface area contributed by atoms with E-state index in [1.165, 1.54) is 0 Å². The van der Waals surface area contributed by atoms with Gasteiger partial charge in [-0.1, -0.05) is 0 Å². The lowest BCUT2D eigenvalue weighted by Crippen LogP contribution is -2.49. The van der Waals surface area contributed by atoms with Crippen LogP contribution in [0.1, 0.15) is 27.7 Å². The van der Waals surface area contributed by atoms with Gasteiger partial charge >= 0.3 is 0 Å². The molecule has 4 N–H and O–H groups in total. The minimum absolute atomic E-state index is 0. The highest BCUT2D eigenvalue weighted by molar-refractivity contribution is 14.0. The largest absolute Gasteiger partial charge is 0.355 e. The number of halogens is 1. The number of guanidine groups is 1. The first-order valence-corrected chi connectivity index (χ1v) is 8.47. The topological polar surface area (TPSA) is 112 Å². The van der Waals surface area contributed by atoms with Gasteiger partial charge in [0.15, 0.2) is 5.96 Å². The summed E-state index contributed by atoms with van der Waals surface area (Å²) >= 11 is 0. The normalized spacial score (nSPS) is 12.3. The van der Waals surface area contributed by atoms with E-state index >= 15 is 0 Å². The molecule has 0 aliphatic carbocycles. The molecule has 0 unspecified atom stereocenters. The van der Waals surface area contributed by atoms with Crippen LogP contribution in [0.5, 0.6) is 0 Å². The average molecular weight is 449 g/mol. The Balaban J connectivity index is 0. The first-order chi connectivity index (χ1) is 9.59. The molecule has 0 aromatic heterocycles. The van der Waals surface area contributed by atoms with E-state index in [1.807, 2.05) is 20.8 Å². The molecule has 22 heavy (non-hydrogen) atoms. The molecule has 0 heterocycles. The van der Waals surface area contributed by atoms with Gasteiger partial charge in [-0.2, -0.15) is 0 Å². The van der Waals surface area contributed by atoms with Gasteiger partial charge < -0.3 is 16.0 Å². The van der Waals surface area contributed by atoms with Gasteiger partial charge in [-0.05, 0) is 27.7 Å². The Hall–Kier alpha value is -0.620. The number of carbonyl (C=O) groups is 1. The minimum Gasteiger partial charge on any atom is -0.355 e. The Morgan fingerprint density at radius 1 is 1.14 bits per heavy atom. The summed E-state index contributed by atoms with van der Waals surface area (Å²) in [6.45, 7) is 8.00. The molecule has 0 bridgehead atoms. The lowest BCUT2D eigenvalue weighted by atomic mass is 10.1. The summed E-state index contributed by atoms with van der Waals surface area (Å²) < 4.78 is 24.9. The number of sulfonamides is 1. The molecule has 0 saturated carbocycles. The zero-order valence-corrected chi connectivity index (χ0v) is 17.0. The molecule has 0 saturated heterocycles. The molecule has 0 radical (unpaired) electrons. The van der Waals surface area contributed by atoms with E-state index in [0.29, 0.717) is 12.5 Å². The van der Waals surface area contributed by atoms with E-state index < -0.39 is 10.0 Å². The van der Waals surface area contributed by atoms with Crippen LogP contribution < -0.4 is 20.7 Å². The van der Waals surface area contributed by atoms with Crippen molar-refractivity contribution in [2.45, 2.75) is 33.2 Å². The molecule has 1 amide bonds. The summed E-state index contributed by atoms with van der Waals surface area (Å²) in [6, 6.07) is 0. The smallest absolute Gasteiger partial charge is 0.239 e. The van der Waals surface area contributed by atoms with Crippen molar-refractivity contribution in [1.82, 2.24) is 20.7 Å². The monoisotopic (exact) mass is 449 g/mol. The lowest BCUT2D eigenvalue weighted by Gasteiger charge is -2.21. The van der Waals surface area contributed by atoms with Crippen LogP contribution in [0.2, 0.25) is 0 Å². The van der Waals surface area contributed by atoms with Crippen LogP contribution in [0.25, 0.3) is 0 Å². The molecular formula is C12H28IN5O3S. The third-order valence-corrected chi connectivity index (χ3v) is 3.68. The zero-order chi connectivity index (χ0) is 16.5. The quantitative estimate of drug-likeness (QED) is 0.183. The number of hydrogen-bond acceptors (Lipinski definition) is 4. The van der Waals surface area contributed by atoms with Crippen molar-refractivity contribution in [1.29, 1.82) is 0 Å². The van der Waals surface area contributed by atoms with E-state index in [4.69, 9.17) is 0 Å². The van der Waals surface area contributed by atoms with Crippen molar-refractivity contribution < 1.29 is 13.2 Å². The van der Waals surface area contributed by atoms with Gasteiger partial charge in [0.25, 0.3) is 0 Å². The Labute approximate surface area is 150 Å². The molecule has 10 heteroatoms. The maximum absolute atomic E-state index is 11.6. The second-order valence-corrected chi connectivity index (χ2v) is 7.54. The number of nitrogens with one attached hydrogen (secondary N) is 4. The lowest BCUT2D eigenvalue weighted by molar-refractivity contribution is -0.121. The Bertz CT molecular complexity index is 460. The number of aliphatic imine (C=N–C) groups is 1. The molecule has 0 spiro atoms.